The molecule has 0 saturated carbocycles. The highest BCUT2D eigenvalue weighted by Crippen LogP contribution is 2.23. The van der Waals surface area contributed by atoms with E-state index in [-0.39, 0.29) is 6.04 Å². The molecule has 1 fully saturated rings. The summed E-state index contributed by atoms with van der Waals surface area (Å²) in [7, 11) is 0. The van der Waals surface area contributed by atoms with Crippen LogP contribution in [0.5, 0.6) is 0 Å². The Kier molecular flexibility index (Phi) is 4.65. The Hall–Kier alpha value is -0.320. The first kappa shape index (κ1) is 13.1. The molecule has 3 nitrogen and oxygen atoms in total. The van der Waals surface area contributed by atoms with E-state index in [4.69, 9.17) is 33.7 Å². The van der Waals surface area contributed by atoms with Gasteiger partial charge in [0.1, 0.15) is 0 Å². The highest BCUT2D eigenvalue weighted by Gasteiger charge is 2.22. The monoisotopic (exact) mass is 274 g/mol. The smallest absolute Gasteiger partial charge is 0.0634 e. The largest absolute Gasteiger partial charge is 0.378 e. The van der Waals surface area contributed by atoms with Gasteiger partial charge in [0.2, 0.25) is 0 Å². The number of rotatable bonds is 3. The topological polar surface area (TPSA) is 38.5 Å². The standard InChI is InChI=1S/C12H16Cl2N2O/c13-10-2-1-9(12(14)5-10)7-16-3-4-17-8-11(16)6-15/h1-2,5,11H,3-4,6-8,15H2. The highest BCUT2D eigenvalue weighted by atomic mass is 35.5. The van der Waals surface area contributed by atoms with Crippen LogP contribution in [0.4, 0.5) is 0 Å². The molecule has 94 valence electrons. The van der Waals surface area contributed by atoms with Gasteiger partial charge in [0, 0.05) is 35.7 Å². The predicted molar refractivity (Wildman–Crippen MR) is 70.5 cm³/mol. The van der Waals surface area contributed by atoms with Crippen molar-refractivity contribution in [1.82, 2.24) is 4.90 Å². The van der Waals surface area contributed by atoms with E-state index in [0.717, 1.165) is 25.3 Å². The van der Waals surface area contributed by atoms with Crippen LogP contribution in [0.2, 0.25) is 10.0 Å². The molecule has 1 aromatic carbocycles. The van der Waals surface area contributed by atoms with Crippen LogP contribution in [0, 0.1) is 0 Å². The first-order valence-electron chi connectivity index (χ1n) is 5.66. The van der Waals surface area contributed by atoms with E-state index in [0.29, 0.717) is 23.2 Å². The zero-order chi connectivity index (χ0) is 12.3. The molecule has 0 spiro atoms. The van der Waals surface area contributed by atoms with E-state index in [1.807, 2.05) is 12.1 Å². The van der Waals surface area contributed by atoms with Crippen molar-refractivity contribution in [3.8, 4) is 0 Å². The third-order valence-corrected chi connectivity index (χ3v) is 3.60. The Morgan fingerprint density at radius 2 is 2.24 bits per heavy atom. The molecule has 5 heteroatoms. The van der Waals surface area contributed by atoms with Gasteiger partial charge in [0.05, 0.1) is 13.2 Å². The van der Waals surface area contributed by atoms with Crippen molar-refractivity contribution < 1.29 is 4.74 Å². The van der Waals surface area contributed by atoms with Crippen molar-refractivity contribution in [3.63, 3.8) is 0 Å². The van der Waals surface area contributed by atoms with Gasteiger partial charge in [-0.15, -0.1) is 0 Å². The van der Waals surface area contributed by atoms with Crippen molar-refractivity contribution in [2.24, 2.45) is 5.73 Å². The summed E-state index contributed by atoms with van der Waals surface area (Å²) in [5.41, 5.74) is 6.81. The normalized spacial score (nSPS) is 21.7. The molecule has 1 aromatic rings. The lowest BCUT2D eigenvalue weighted by atomic mass is 10.1. The zero-order valence-electron chi connectivity index (χ0n) is 9.53. The van der Waals surface area contributed by atoms with Crippen LogP contribution in [0.25, 0.3) is 0 Å². The van der Waals surface area contributed by atoms with Crippen LogP contribution >= 0.6 is 23.2 Å². The molecule has 1 heterocycles. The molecule has 1 aliphatic heterocycles. The molecule has 0 aromatic heterocycles. The predicted octanol–water partition coefficient (Wildman–Crippen LogP) is 2.15. The fraction of sp³-hybridized carbons (Fsp3) is 0.500. The summed E-state index contributed by atoms with van der Waals surface area (Å²) in [6.07, 6.45) is 0. The summed E-state index contributed by atoms with van der Waals surface area (Å²) < 4.78 is 5.41. The van der Waals surface area contributed by atoms with Crippen LogP contribution in [-0.4, -0.2) is 37.2 Å². The fourth-order valence-corrected chi connectivity index (χ4v) is 2.45. The van der Waals surface area contributed by atoms with E-state index >= 15 is 0 Å². The van der Waals surface area contributed by atoms with Gasteiger partial charge in [-0.05, 0) is 17.7 Å². The first-order valence-corrected chi connectivity index (χ1v) is 6.42. The SMILES string of the molecule is NCC1COCCN1Cc1ccc(Cl)cc1Cl. The van der Waals surface area contributed by atoms with E-state index in [9.17, 15) is 0 Å². The van der Waals surface area contributed by atoms with Crippen molar-refractivity contribution in [1.29, 1.82) is 0 Å². The Bertz CT molecular complexity index is 387. The third kappa shape index (κ3) is 3.33. The molecule has 0 bridgehead atoms. The lowest BCUT2D eigenvalue weighted by molar-refractivity contribution is -0.00791. The molecule has 0 aliphatic carbocycles. The number of ether oxygens (including phenoxy) is 1. The minimum absolute atomic E-state index is 0.274. The lowest BCUT2D eigenvalue weighted by Crippen LogP contribution is -2.48. The quantitative estimate of drug-likeness (QED) is 0.918. The summed E-state index contributed by atoms with van der Waals surface area (Å²) in [6, 6.07) is 5.88. The second-order valence-corrected chi connectivity index (χ2v) is 5.01. The molecule has 1 saturated heterocycles. The number of benzene rings is 1. The summed E-state index contributed by atoms with van der Waals surface area (Å²) in [5, 5.41) is 1.37. The molecule has 2 rings (SSSR count). The van der Waals surface area contributed by atoms with E-state index in [2.05, 4.69) is 4.90 Å². The van der Waals surface area contributed by atoms with E-state index < -0.39 is 0 Å². The molecular formula is C12H16Cl2N2O. The molecule has 1 atom stereocenters. The zero-order valence-corrected chi connectivity index (χ0v) is 11.0. The molecule has 0 radical (unpaired) electrons. The number of nitrogens with zero attached hydrogens (tertiary/aromatic N) is 1. The Balaban J connectivity index is 2.08. The number of halogens is 2. The maximum Gasteiger partial charge on any atom is 0.0634 e. The molecule has 1 aliphatic rings. The summed E-state index contributed by atoms with van der Waals surface area (Å²) in [4.78, 5) is 2.30. The van der Waals surface area contributed by atoms with Gasteiger partial charge in [-0.25, -0.2) is 0 Å². The lowest BCUT2D eigenvalue weighted by Gasteiger charge is -2.35. The van der Waals surface area contributed by atoms with Crippen molar-refractivity contribution in [2.45, 2.75) is 12.6 Å². The maximum atomic E-state index is 6.17. The maximum absolute atomic E-state index is 6.17. The van der Waals surface area contributed by atoms with Gasteiger partial charge in [-0.2, -0.15) is 0 Å². The molecule has 1 unspecified atom stereocenters. The first-order chi connectivity index (χ1) is 8.20. The summed E-state index contributed by atoms with van der Waals surface area (Å²) in [5.74, 6) is 0. The van der Waals surface area contributed by atoms with Gasteiger partial charge < -0.3 is 10.5 Å². The molecule has 17 heavy (non-hydrogen) atoms. The van der Waals surface area contributed by atoms with E-state index in [1.165, 1.54) is 0 Å². The number of nitrogens with two attached hydrogens (primary N) is 1. The van der Waals surface area contributed by atoms with Gasteiger partial charge in [-0.3, -0.25) is 4.90 Å². The van der Waals surface area contributed by atoms with Crippen LogP contribution in [-0.2, 0) is 11.3 Å². The van der Waals surface area contributed by atoms with Crippen molar-refractivity contribution in [3.05, 3.63) is 33.8 Å². The molecular weight excluding hydrogens is 259 g/mol. The van der Waals surface area contributed by atoms with Gasteiger partial charge in [0.15, 0.2) is 0 Å². The van der Waals surface area contributed by atoms with Crippen molar-refractivity contribution in [2.75, 3.05) is 26.3 Å². The third-order valence-electron chi connectivity index (χ3n) is 3.01. The van der Waals surface area contributed by atoms with Gasteiger partial charge >= 0.3 is 0 Å². The Labute approximate surface area is 111 Å². The van der Waals surface area contributed by atoms with Crippen LogP contribution in [0.1, 0.15) is 5.56 Å². The summed E-state index contributed by atoms with van der Waals surface area (Å²) >= 11 is 12.0. The number of hydrogen-bond acceptors (Lipinski definition) is 3. The van der Waals surface area contributed by atoms with Crippen LogP contribution in [0.15, 0.2) is 18.2 Å². The van der Waals surface area contributed by atoms with Gasteiger partial charge in [0.25, 0.3) is 0 Å². The minimum atomic E-state index is 0.274. The second-order valence-electron chi connectivity index (χ2n) is 4.17. The highest BCUT2D eigenvalue weighted by molar-refractivity contribution is 6.35. The Morgan fingerprint density at radius 3 is 2.94 bits per heavy atom. The average molecular weight is 275 g/mol. The fourth-order valence-electron chi connectivity index (χ4n) is 1.98. The number of hydrogen-bond donors (Lipinski definition) is 1. The van der Waals surface area contributed by atoms with Crippen LogP contribution < -0.4 is 5.73 Å². The number of morpholine rings is 1. The summed E-state index contributed by atoms with van der Waals surface area (Å²) in [6.45, 7) is 3.73. The molecule has 0 amide bonds. The minimum Gasteiger partial charge on any atom is -0.378 e. The van der Waals surface area contributed by atoms with Crippen molar-refractivity contribution >= 4 is 23.2 Å². The Morgan fingerprint density at radius 1 is 1.41 bits per heavy atom. The second kappa shape index (κ2) is 6.03. The van der Waals surface area contributed by atoms with E-state index in [1.54, 1.807) is 6.07 Å². The van der Waals surface area contributed by atoms with Gasteiger partial charge in [-0.1, -0.05) is 29.3 Å². The molecule has 2 N–H and O–H groups in total. The average Bonchev–Trinajstić information content (AvgIpc) is 2.33. The van der Waals surface area contributed by atoms with Crippen LogP contribution in [0.3, 0.4) is 0 Å².